The van der Waals surface area contributed by atoms with Crippen molar-refractivity contribution in [3.63, 3.8) is 0 Å². The zero-order valence-electron chi connectivity index (χ0n) is 47.4. The molecule has 0 aliphatic heterocycles. The van der Waals surface area contributed by atoms with E-state index in [0.717, 1.165) is 103 Å². The quantitative estimate of drug-likeness (QED) is 0.0261. The normalized spacial score (nSPS) is 12.7. The van der Waals surface area contributed by atoms with E-state index < -0.39 is 6.10 Å². The van der Waals surface area contributed by atoms with Gasteiger partial charge in [0.05, 0.1) is 0 Å². The summed E-state index contributed by atoms with van der Waals surface area (Å²) in [7, 11) is 0. The van der Waals surface area contributed by atoms with Crippen LogP contribution in [0.25, 0.3) is 0 Å². The lowest BCUT2D eigenvalue weighted by Crippen LogP contribution is -2.30. The van der Waals surface area contributed by atoms with Crippen molar-refractivity contribution in [1.29, 1.82) is 0 Å². The number of allylic oxidation sites excluding steroid dienone is 14. The number of rotatable bonds is 55. The van der Waals surface area contributed by atoms with Crippen LogP contribution in [-0.2, 0) is 28.6 Å². The minimum atomic E-state index is -0.787. The second-order valence-electron chi connectivity index (χ2n) is 20.2. The molecule has 0 N–H and O–H groups in total. The molecule has 0 fully saturated rings. The van der Waals surface area contributed by atoms with Gasteiger partial charge in [-0.2, -0.15) is 0 Å². The Bertz CT molecular complexity index is 1380. The predicted octanol–water partition coefficient (Wildman–Crippen LogP) is 20.7. The van der Waals surface area contributed by atoms with Crippen molar-refractivity contribution in [2.45, 2.75) is 303 Å². The van der Waals surface area contributed by atoms with Gasteiger partial charge in [0.25, 0.3) is 0 Å². The molecule has 414 valence electrons. The average molecular weight is 1000 g/mol. The molecule has 0 aliphatic rings. The summed E-state index contributed by atoms with van der Waals surface area (Å²) >= 11 is 0. The first-order chi connectivity index (χ1) is 35.5. The highest BCUT2D eigenvalue weighted by molar-refractivity contribution is 5.71. The maximum Gasteiger partial charge on any atom is 0.306 e. The van der Waals surface area contributed by atoms with Crippen molar-refractivity contribution in [2.24, 2.45) is 0 Å². The van der Waals surface area contributed by atoms with E-state index in [1.54, 1.807) is 0 Å². The van der Waals surface area contributed by atoms with E-state index in [2.05, 4.69) is 106 Å². The van der Waals surface area contributed by atoms with Crippen LogP contribution in [0.3, 0.4) is 0 Å². The number of hydrogen-bond donors (Lipinski definition) is 0. The monoisotopic (exact) mass is 1000 g/mol. The molecule has 0 spiro atoms. The molecule has 0 aromatic rings. The third kappa shape index (κ3) is 57.5. The predicted molar refractivity (Wildman–Crippen MR) is 311 cm³/mol. The molecule has 0 aliphatic carbocycles. The summed E-state index contributed by atoms with van der Waals surface area (Å²) in [6.45, 7) is 6.50. The summed E-state index contributed by atoms with van der Waals surface area (Å²) in [6, 6.07) is 0. The van der Waals surface area contributed by atoms with Gasteiger partial charge in [0, 0.05) is 19.3 Å². The van der Waals surface area contributed by atoms with Crippen LogP contribution < -0.4 is 0 Å². The third-order valence-electron chi connectivity index (χ3n) is 13.1. The minimum Gasteiger partial charge on any atom is -0.462 e. The van der Waals surface area contributed by atoms with E-state index in [-0.39, 0.29) is 31.1 Å². The summed E-state index contributed by atoms with van der Waals surface area (Å²) < 4.78 is 16.9. The maximum absolute atomic E-state index is 12.9. The molecule has 1 unspecified atom stereocenters. The molecule has 0 saturated heterocycles. The van der Waals surface area contributed by atoms with E-state index in [4.69, 9.17) is 14.2 Å². The lowest BCUT2D eigenvalue weighted by atomic mass is 10.1. The van der Waals surface area contributed by atoms with E-state index in [0.29, 0.717) is 19.3 Å². The van der Waals surface area contributed by atoms with E-state index in [9.17, 15) is 14.4 Å². The summed E-state index contributed by atoms with van der Waals surface area (Å²) in [5, 5.41) is 0. The smallest absolute Gasteiger partial charge is 0.306 e. The van der Waals surface area contributed by atoms with Crippen molar-refractivity contribution < 1.29 is 28.6 Å². The van der Waals surface area contributed by atoms with Gasteiger partial charge in [-0.05, 0) is 116 Å². The number of hydrogen-bond acceptors (Lipinski definition) is 6. The molecule has 0 heterocycles. The Hall–Kier alpha value is -3.41. The standard InChI is InChI=1S/C66H114O6/c1-4-7-10-13-16-19-22-25-28-30-32-33-35-36-38-41-44-47-50-53-56-59-65(68)71-62-63(61-70-64(67)58-55-52-49-46-43-40-27-24-21-18-15-12-9-6-3)72-66(69)60-57-54-51-48-45-42-39-37-34-31-29-26-23-20-17-14-11-8-5-2/h7,10,16-17,19-20,24-29,32-33,63H,4-6,8-9,11-15,18,21-23,30-31,34-62H2,1-3H3/b10-7-,19-16-,20-17-,27-24-,28-25-,29-26-,33-32-. The Morgan fingerprint density at radius 2 is 0.542 bits per heavy atom. The molecule has 6 nitrogen and oxygen atoms in total. The van der Waals surface area contributed by atoms with Crippen molar-refractivity contribution in [1.82, 2.24) is 0 Å². The van der Waals surface area contributed by atoms with E-state index in [1.807, 2.05) is 0 Å². The van der Waals surface area contributed by atoms with Crippen LogP contribution >= 0.6 is 0 Å². The van der Waals surface area contributed by atoms with Crippen molar-refractivity contribution in [2.75, 3.05) is 13.2 Å². The van der Waals surface area contributed by atoms with Crippen LogP contribution in [0, 0.1) is 0 Å². The lowest BCUT2D eigenvalue weighted by molar-refractivity contribution is -0.167. The molecule has 6 heteroatoms. The Labute approximate surface area is 445 Å². The average Bonchev–Trinajstić information content (AvgIpc) is 3.38. The van der Waals surface area contributed by atoms with Gasteiger partial charge < -0.3 is 14.2 Å². The van der Waals surface area contributed by atoms with Gasteiger partial charge in [-0.1, -0.05) is 247 Å². The van der Waals surface area contributed by atoms with Crippen LogP contribution in [0.4, 0.5) is 0 Å². The summed E-state index contributed by atoms with van der Waals surface area (Å²) in [5.41, 5.74) is 0. The number of carbonyl (C=O) groups is 3. The highest BCUT2D eigenvalue weighted by Gasteiger charge is 2.19. The van der Waals surface area contributed by atoms with Crippen LogP contribution in [0.2, 0.25) is 0 Å². The van der Waals surface area contributed by atoms with Crippen molar-refractivity contribution in [3.8, 4) is 0 Å². The lowest BCUT2D eigenvalue weighted by Gasteiger charge is -2.18. The fourth-order valence-electron chi connectivity index (χ4n) is 8.52. The van der Waals surface area contributed by atoms with Crippen molar-refractivity contribution in [3.05, 3.63) is 85.1 Å². The molecule has 0 saturated carbocycles. The Kier molecular flexibility index (Phi) is 57.3. The molecular formula is C66H114O6. The summed E-state index contributed by atoms with van der Waals surface area (Å²) in [5.74, 6) is -0.895. The van der Waals surface area contributed by atoms with Crippen LogP contribution in [0.5, 0.6) is 0 Å². The topological polar surface area (TPSA) is 78.9 Å². The second-order valence-corrected chi connectivity index (χ2v) is 20.2. The van der Waals surface area contributed by atoms with Gasteiger partial charge in [-0.25, -0.2) is 0 Å². The maximum atomic E-state index is 12.9. The molecule has 0 aromatic carbocycles. The first-order valence-electron chi connectivity index (χ1n) is 30.6. The SMILES string of the molecule is CC/C=C\C/C=C\C/C=C\C/C=C\CCCCCCCCCCC(=O)OCC(COC(=O)CCCCCCC/C=C\CCCCCCC)OC(=O)CCCCCCCCCCC/C=C\C/C=C\CCCCC. The van der Waals surface area contributed by atoms with Gasteiger partial charge >= 0.3 is 17.9 Å². The zero-order valence-corrected chi connectivity index (χ0v) is 47.4. The number of unbranched alkanes of at least 4 members (excludes halogenated alkanes) is 30. The molecule has 0 aromatic heterocycles. The second kappa shape index (κ2) is 60.1. The molecule has 0 bridgehead atoms. The van der Waals surface area contributed by atoms with Gasteiger partial charge in [-0.3, -0.25) is 14.4 Å². The largest absolute Gasteiger partial charge is 0.462 e. The molecule has 0 rings (SSSR count). The van der Waals surface area contributed by atoms with Gasteiger partial charge in [0.2, 0.25) is 0 Å². The van der Waals surface area contributed by atoms with E-state index in [1.165, 1.54) is 154 Å². The van der Waals surface area contributed by atoms with Gasteiger partial charge in [-0.15, -0.1) is 0 Å². The van der Waals surface area contributed by atoms with Crippen LogP contribution in [0.1, 0.15) is 297 Å². The molecule has 0 radical (unpaired) electrons. The fraction of sp³-hybridized carbons (Fsp3) is 0.742. The zero-order chi connectivity index (χ0) is 52.2. The molecule has 0 amide bonds. The molecule has 72 heavy (non-hydrogen) atoms. The summed E-state index contributed by atoms with van der Waals surface area (Å²) in [6.07, 6.45) is 78.6. The third-order valence-corrected chi connectivity index (χ3v) is 13.1. The first kappa shape index (κ1) is 68.6. The first-order valence-corrected chi connectivity index (χ1v) is 30.6. The van der Waals surface area contributed by atoms with Crippen LogP contribution in [0.15, 0.2) is 85.1 Å². The Balaban J connectivity index is 4.38. The highest BCUT2D eigenvalue weighted by atomic mass is 16.6. The highest BCUT2D eigenvalue weighted by Crippen LogP contribution is 2.15. The van der Waals surface area contributed by atoms with Crippen molar-refractivity contribution >= 4 is 17.9 Å². The Morgan fingerprint density at radius 1 is 0.292 bits per heavy atom. The number of esters is 3. The fourth-order valence-corrected chi connectivity index (χ4v) is 8.52. The number of ether oxygens (including phenoxy) is 3. The number of carbonyl (C=O) groups excluding carboxylic acids is 3. The van der Waals surface area contributed by atoms with Crippen LogP contribution in [-0.4, -0.2) is 37.2 Å². The molecule has 1 atom stereocenters. The van der Waals surface area contributed by atoms with Gasteiger partial charge in [0.15, 0.2) is 6.10 Å². The van der Waals surface area contributed by atoms with E-state index >= 15 is 0 Å². The Morgan fingerprint density at radius 3 is 0.889 bits per heavy atom. The summed E-state index contributed by atoms with van der Waals surface area (Å²) in [4.78, 5) is 38.3. The molecular weight excluding hydrogens is 889 g/mol. The van der Waals surface area contributed by atoms with Gasteiger partial charge in [0.1, 0.15) is 13.2 Å². The minimum absolute atomic E-state index is 0.0843.